The minimum Gasteiger partial charge on any atom is -0.351 e. The predicted octanol–water partition coefficient (Wildman–Crippen LogP) is 2.76. The highest BCUT2D eigenvalue weighted by atomic mass is 16.2. The fourth-order valence-electron chi connectivity index (χ4n) is 3.48. The highest BCUT2D eigenvalue weighted by molar-refractivity contribution is 5.97. The summed E-state index contributed by atoms with van der Waals surface area (Å²) in [6.45, 7) is 2.68. The third-order valence-corrected chi connectivity index (χ3v) is 5.23. The number of nitriles is 1. The molecule has 2 aromatic rings. The fraction of sp³-hybridized carbons (Fsp3) is 0.304. The van der Waals surface area contributed by atoms with Gasteiger partial charge in [0.1, 0.15) is 6.42 Å². The second-order valence-electron chi connectivity index (χ2n) is 7.33. The van der Waals surface area contributed by atoms with Crippen LogP contribution in [-0.2, 0) is 20.9 Å². The first-order chi connectivity index (χ1) is 14.5. The quantitative estimate of drug-likeness (QED) is 0.741. The zero-order valence-corrected chi connectivity index (χ0v) is 16.8. The second kappa shape index (κ2) is 9.70. The molecule has 2 aromatic carbocycles. The van der Waals surface area contributed by atoms with E-state index >= 15 is 0 Å². The molecule has 154 valence electrons. The predicted molar refractivity (Wildman–Crippen MR) is 112 cm³/mol. The third kappa shape index (κ3) is 5.23. The molecule has 2 unspecified atom stereocenters. The molecule has 2 atom stereocenters. The highest BCUT2D eigenvalue weighted by Crippen LogP contribution is 2.29. The normalized spacial score (nSPS) is 16.6. The first-order valence-corrected chi connectivity index (χ1v) is 9.86. The molecule has 1 fully saturated rings. The van der Waals surface area contributed by atoms with Gasteiger partial charge in [-0.25, -0.2) is 0 Å². The zero-order valence-electron chi connectivity index (χ0n) is 16.8. The number of carbonyl (C=O) groups excluding carboxylic acids is 3. The smallest absolute Gasteiger partial charge is 0.234 e. The molecule has 0 saturated carbocycles. The third-order valence-electron chi connectivity index (χ3n) is 5.23. The summed E-state index contributed by atoms with van der Waals surface area (Å²) in [6, 6.07) is 18.6. The molecule has 0 spiro atoms. The average Bonchev–Trinajstić information content (AvgIpc) is 3.15. The van der Waals surface area contributed by atoms with Crippen molar-refractivity contribution in [1.82, 2.24) is 10.2 Å². The standard InChI is InChI=1S/C23H24N4O3/c1-16(18-5-3-2-4-6-18)27-15-19(13-22(27)29)23(30)26-20-9-7-17(8-10-20)14-25-21(28)11-12-24/h2-10,16,19H,11,13-15H2,1H3,(H,25,28)(H,26,30). The van der Waals surface area contributed by atoms with Gasteiger partial charge in [-0.05, 0) is 30.2 Å². The van der Waals surface area contributed by atoms with Crippen molar-refractivity contribution in [3.05, 3.63) is 65.7 Å². The monoisotopic (exact) mass is 404 g/mol. The number of amides is 3. The minimum atomic E-state index is -0.395. The molecule has 1 saturated heterocycles. The van der Waals surface area contributed by atoms with Crippen molar-refractivity contribution in [1.29, 1.82) is 5.26 Å². The van der Waals surface area contributed by atoms with E-state index in [9.17, 15) is 14.4 Å². The lowest BCUT2D eigenvalue weighted by Gasteiger charge is -2.25. The Morgan fingerprint density at radius 3 is 2.53 bits per heavy atom. The largest absolute Gasteiger partial charge is 0.351 e. The number of carbonyl (C=O) groups is 3. The molecule has 1 aliphatic heterocycles. The Kier molecular flexibility index (Phi) is 6.81. The number of benzene rings is 2. The number of anilines is 1. The number of hydrogen-bond acceptors (Lipinski definition) is 4. The van der Waals surface area contributed by atoms with E-state index in [0.717, 1.165) is 11.1 Å². The molecule has 7 heteroatoms. The van der Waals surface area contributed by atoms with Gasteiger partial charge in [0, 0.05) is 25.2 Å². The van der Waals surface area contributed by atoms with Crippen LogP contribution in [0.3, 0.4) is 0 Å². The van der Waals surface area contributed by atoms with Gasteiger partial charge in [-0.2, -0.15) is 5.26 Å². The summed E-state index contributed by atoms with van der Waals surface area (Å²) in [5.74, 6) is -0.917. The van der Waals surface area contributed by atoms with Gasteiger partial charge in [0.2, 0.25) is 17.7 Å². The van der Waals surface area contributed by atoms with E-state index in [-0.39, 0.29) is 36.6 Å². The topological polar surface area (TPSA) is 102 Å². The Hall–Kier alpha value is -3.66. The van der Waals surface area contributed by atoms with Crippen molar-refractivity contribution < 1.29 is 14.4 Å². The summed E-state index contributed by atoms with van der Waals surface area (Å²) in [6.07, 6.45) is 0.0279. The lowest BCUT2D eigenvalue weighted by molar-refractivity contribution is -0.129. The van der Waals surface area contributed by atoms with Crippen molar-refractivity contribution >= 4 is 23.4 Å². The van der Waals surface area contributed by atoms with Gasteiger partial charge in [0.25, 0.3) is 0 Å². The molecule has 3 amide bonds. The van der Waals surface area contributed by atoms with Crippen molar-refractivity contribution in [3.8, 4) is 6.07 Å². The van der Waals surface area contributed by atoms with E-state index in [4.69, 9.17) is 5.26 Å². The van der Waals surface area contributed by atoms with Crippen molar-refractivity contribution in [2.45, 2.75) is 32.4 Å². The molecule has 0 bridgehead atoms. The molecular weight excluding hydrogens is 380 g/mol. The molecule has 7 nitrogen and oxygen atoms in total. The van der Waals surface area contributed by atoms with Crippen LogP contribution in [0.25, 0.3) is 0 Å². The van der Waals surface area contributed by atoms with E-state index in [1.54, 1.807) is 35.2 Å². The number of nitrogens with zero attached hydrogens (tertiary/aromatic N) is 2. The summed E-state index contributed by atoms with van der Waals surface area (Å²) >= 11 is 0. The van der Waals surface area contributed by atoms with Gasteiger partial charge >= 0.3 is 0 Å². The van der Waals surface area contributed by atoms with Gasteiger partial charge in [-0.15, -0.1) is 0 Å². The SMILES string of the molecule is CC(c1ccccc1)N1CC(C(=O)Nc2ccc(CNC(=O)CC#N)cc2)CC1=O. The number of likely N-dealkylation sites (tertiary alicyclic amines) is 1. The maximum atomic E-state index is 12.7. The van der Waals surface area contributed by atoms with Crippen LogP contribution in [0.1, 0.15) is 36.9 Å². The number of hydrogen-bond donors (Lipinski definition) is 2. The van der Waals surface area contributed by atoms with Crippen molar-refractivity contribution in [2.24, 2.45) is 5.92 Å². The van der Waals surface area contributed by atoms with Crippen LogP contribution in [0.5, 0.6) is 0 Å². The van der Waals surface area contributed by atoms with Crippen molar-refractivity contribution in [2.75, 3.05) is 11.9 Å². The summed E-state index contributed by atoms with van der Waals surface area (Å²) in [7, 11) is 0. The molecular formula is C23H24N4O3. The van der Waals surface area contributed by atoms with Crippen LogP contribution in [0.15, 0.2) is 54.6 Å². The van der Waals surface area contributed by atoms with E-state index < -0.39 is 5.92 Å². The van der Waals surface area contributed by atoms with Crippen LogP contribution >= 0.6 is 0 Å². The van der Waals surface area contributed by atoms with Gasteiger partial charge in [0.05, 0.1) is 18.0 Å². The fourth-order valence-corrected chi connectivity index (χ4v) is 3.48. The summed E-state index contributed by atoms with van der Waals surface area (Å²) < 4.78 is 0. The summed E-state index contributed by atoms with van der Waals surface area (Å²) in [4.78, 5) is 38.2. The molecule has 0 aromatic heterocycles. The van der Waals surface area contributed by atoms with Gasteiger partial charge in [-0.3, -0.25) is 14.4 Å². The lowest BCUT2D eigenvalue weighted by Crippen LogP contribution is -2.30. The van der Waals surface area contributed by atoms with Gasteiger partial charge in [0.15, 0.2) is 0 Å². The maximum Gasteiger partial charge on any atom is 0.234 e. The van der Waals surface area contributed by atoms with Crippen LogP contribution in [0, 0.1) is 17.2 Å². The molecule has 2 N–H and O–H groups in total. The first-order valence-electron chi connectivity index (χ1n) is 9.86. The second-order valence-corrected chi connectivity index (χ2v) is 7.33. The summed E-state index contributed by atoms with van der Waals surface area (Å²) in [5, 5.41) is 14.0. The zero-order chi connectivity index (χ0) is 21.5. The van der Waals surface area contributed by atoms with E-state index in [1.807, 2.05) is 37.3 Å². The molecule has 3 rings (SSSR count). The maximum absolute atomic E-state index is 12.7. The lowest BCUT2D eigenvalue weighted by atomic mass is 10.1. The van der Waals surface area contributed by atoms with E-state index in [0.29, 0.717) is 18.8 Å². The Morgan fingerprint density at radius 1 is 1.17 bits per heavy atom. The Bertz CT molecular complexity index is 951. The van der Waals surface area contributed by atoms with E-state index in [1.165, 1.54) is 0 Å². The van der Waals surface area contributed by atoms with Gasteiger partial charge < -0.3 is 15.5 Å². The van der Waals surface area contributed by atoms with Crippen LogP contribution in [0.2, 0.25) is 0 Å². The molecule has 1 heterocycles. The first kappa shape index (κ1) is 21.1. The van der Waals surface area contributed by atoms with Crippen LogP contribution in [-0.4, -0.2) is 29.2 Å². The summed E-state index contributed by atoms with van der Waals surface area (Å²) in [5.41, 5.74) is 2.54. The van der Waals surface area contributed by atoms with E-state index in [2.05, 4.69) is 10.6 Å². The average molecular weight is 404 g/mol. The molecule has 1 aliphatic rings. The minimum absolute atomic E-state index is 0.0186. The Morgan fingerprint density at radius 2 is 1.87 bits per heavy atom. The van der Waals surface area contributed by atoms with Crippen LogP contribution < -0.4 is 10.6 Å². The molecule has 30 heavy (non-hydrogen) atoms. The van der Waals surface area contributed by atoms with Gasteiger partial charge in [-0.1, -0.05) is 42.5 Å². The van der Waals surface area contributed by atoms with Crippen molar-refractivity contribution in [3.63, 3.8) is 0 Å². The number of rotatable bonds is 7. The highest BCUT2D eigenvalue weighted by Gasteiger charge is 2.37. The number of nitrogens with one attached hydrogen (secondary N) is 2. The Balaban J connectivity index is 1.54. The molecule has 0 aliphatic carbocycles. The molecule has 0 radical (unpaired) electrons. The Labute approximate surface area is 175 Å². The van der Waals surface area contributed by atoms with Crippen LogP contribution in [0.4, 0.5) is 5.69 Å².